The Morgan fingerprint density at radius 2 is 0.970 bits per heavy atom. The van der Waals surface area contributed by atoms with E-state index in [2.05, 4.69) is 41.6 Å². The van der Waals surface area contributed by atoms with E-state index in [0.29, 0.717) is 19.4 Å². The van der Waals surface area contributed by atoms with Crippen LogP contribution in [0, 0.1) is 5.92 Å². The average molecular weight is 985 g/mol. The Morgan fingerprint density at radius 3 is 1.36 bits per heavy atom. The van der Waals surface area contributed by atoms with Gasteiger partial charge in [0, 0.05) is 26.6 Å². The molecule has 29 nitrogen and oxygen atoms in total. The molecular weight excluding hydrogens is 907 g/mol. The lowest BCUT2D eigenvalue weighted by Gasteiger charge is -2.31. The number of phosphoric acid groups is 1. The third kappa shape index (κ3) is 32.4. The third-order valence-electron chi connectivity index (χ3n) is 9.17. The lowest BCUT2D eigenvalue weighted by Crippen LogP contribution is -2.62. The maximum atomic E-state index is 14.0. The Bertz CT molecular complexity index is 1690. The second-order valence-corrected chi connectivity index (χ2v) is 16.1. The monoisotopic (exact) mass is 985 g/mol. The number of nitrogens with one attached hydrogen (secondary N) is 5. The first kappa shape index (κ1) is 65.4. The number of hydrogen-bond acceptors (Lipinski definition) is 14. The van der Waals surface area contributed by atoms with E-state index in [1.807, 2.05) is 0 Å². The van der Waals surface area contributed by atoms with Gasteiger partial charge in [0.15, 0.2) is 17.9 Å². The van der Waals surface area contributed by atoms with Gasteiger partial charge in [-0.15, -0.1) is 0 Å². The van der Waals surface area contributed by atoms with Crippen molar-refractivity contribution in [2.24, 2.45) is 66.8 Å². The van der Waals surface area contributed by atoms with Gasteiger partial charge in [0.2, 0.25) is 29.5 Å². The number of carboxylic acids is 2. The Morgan fingerprint density at radius 1 is 0.597 bits per heavy atom. The predicted octanol–water partition coefficient (Wildman–Crippen LogP) is -4.62. The first-order chi connectivity index (χ1) is 30.7. The van der Waals surface area contributed by atoms with Gasteiger partial charge in [0.1, 0.15) is 30.2 Å². The van der Waals surface area contributed by atoms with Crippen LogP contribution < -0.4 is 72.5 Å². The summed E-state index contributed by atoms with van der Waals surface area (Å²) in [6.07, 6.45) is 0.0463. The molecule has 0 bridgehead atoms. The summed E-state index contributed by atoms with van der Waals surface area (Å²) in [4.78, 5) is 120. The summed E-state index contributed by atoms with van der Waals surface area (Å²) in [6, 6.07) is -8.58. The van der Waals surface area contributed by atoms with Crippen molar-refractivity contribution in [2.75, 3.05) is 26.2 Å². The van der Waals surface area contributed by atoms with Crippen molar-refractivity contribution >= 4 is 67.2 Å². The molecule has 0 saturated carbocycles. The highest BCUT2D eigenvalue weighted by Crippen LogP contribution is 2.38. The number of nitrogens with zero attached hydrogens (tertiary/aromatic N) is 3. The van der Waals surface area contributed by atoms with Gasteiger partial charge in [-0.25, -0.2) is 9.36 Å². The molecule has 0 spiro atoms. The van der Waals surface area contributed by atoms with Crippen LogP contribution in [-0.4, -0.2) is 148 Å². The average Bonchev–Trinajstić information content (AvgIpc) is 3.20. The molecule has 25 N–H and O–H groups in total. The van der Waals surface area contributed by atoms with Crippen LogP contribution in [0.25, 0.3) is 0 Å². The highest BCUT2D eigenvalue weighted by Gasteiger charge is 2.38. The molecule has 0 heterocycles. The maximum absolute atomic E-state index is 14.0. The highest BCUT2D eigenvalue weighted by atomic mass is 31.2. The molecule has 0 rings (SSSR count). The second kappa shape index (κ2) is 35.3. The SMILES string of the molecule is C.CC(=O)O.CC[C@H](C)[C@H](NC(=O)[C@@H](NC(=O)[C@H](CCCN=C(N)N)NC(=O)[C@@H](N)CCCCN)[C@@H](C)OP(=O)(O)O)C(=O)N[C@@H](CCCN=C(N)N)C(=O)N[C@@H](CCCN=C(N)N)C(=O)O. The molecule has 5 amide bonds. The largest absolute Gasteiger partial charge is 0.481 e. The summed E-state index contributed by atoms with van der Waals surface area (Å²) in [7, 11) is -5.30. The summed E-state index contributed by atoms with van der Waals surface area (Å²) < 4.78 is 16.7. The van der Waals surface area contributed by atoms with E-state index >= 15 is 0 Å². The van der Waals surface area contributed by atoms with Crippen molar-refractivity contribution in [1.82, 2.24) is 26.6 Å². The van der Waals surface area contributed by atoms with E-state index in [0.717, 1.165) is 13.8 Å². The number of carboxylic acid groups (broad SMARTS) is 2. The van der Waals surface area contributed by atoms with Crippen molar-refractivity contribution in [3.63, 3.8) is 0 Å². The van der Waals surface area contributed by atoms with E-state index in [4.69, 9.17) is 60.3 Å². The maximum Gasteiger partial charge on any atom is 0.469 e. The number of carbonyl (C=O) groups is 7. The minimum atomic E-state index is -5.30. The van der Waals surface area contributed by atoms with Crippen LogP contribution in [0.4, 0.5) is 0 Å². The van der Waals surface area contributed by atoms with Crippen LogP contribution in [-0.2, 0) is 42.7 Å². The number of phosphoric ester groups is 1. The molecule has 0 aliphatic heterocycles. The van der Waals surface area contributed by atoms with Gasteiger partial charge in [-0.2, -0.15) is 0 Å². The fraction of sp³-hybridized carbons (Fsp3) is 0.730. The standard InChI is InChI=1S/C34H69N16O11P.C2H4O2.CH4/c1-4-18(2)24(29(54)47-21(11-7-15-43-32(37)38)27(52)48-23(31(56)57)13-9-17-45-34(41)42)49-30(55)25(19(3)61-62(58,59)60)50-28(53)22(12-8-16-44-33(39)40)46-26(51)20(36)10-5-6-14-35;1-2(3)4;/h18-25H,4-17,35-36H2,1-3H3,(H,46,51)(H,47,54)(H,48,52)(H,49,55)(H,50,53)(H,56,57)(H4,37,38,43)(H4,39,40,44)(H4,41,42,45)(H2,58,59,60);1H3,(H,3,4);1H4/t18-,19+,20-,21-,22-,23-,24-,25-;;/m0../s1. The topological polar surface area (TPSA) is 532 Å². The first-order valence-corrected chi connectivity index (χ1v) is 22.5. The van der Waals surface area contributed by atoms with Crippen LogP contribution >= 0.6 is 7.82 Å². The molecule has 0 saturated heterocycles. The lowest BCUT2D eigenvalue weighted by molar-refractivity contribution is -0.142. The normalized spacial score (nSPS) is 14.3. The Kier molecular flexibility index (Phi) is 34.5. The van der Waals surface area contributed by atoms with E-state index in [-0.39, 0.29) is 96.3 Å². The number of nitrogens with two attached hydrogens (primary N) is 8. The zero-order valence-electron chi connectivity index (χ0n) is 37.9. The van der Waals surface area contributed by atoms with Gasteiger partial charge >= 0.3 is 13.8 Å². The molecule has 0 aliphatic carbocycles. The number of hydrogen-bond donors (Lipinski definition) is 17. The Balaban J connectivity index is -0.00000784. The van der Waals surface area contributed by atoms with Crippen molar-refractivity contribution in [3.8, 4) is 0 Å². The summed E-state index contributed by atoms with van der Waals surface area (Å²) in [6.45, 7) is 5.95. The molecule has 0 aromatic carbocycles. The van der Waals surface area contributed by atoms with Gasteiger partial charge in [-0.05, 0) is 70.8 Å². The van der Waals surface area contributed by atoms with Gasteiger partial charge in [0.05, 0.1) is 12.1 Å². The van der Waals surface area contributed by atoms with E-state index in [1.54, 1.807) is 13.8 Å². The molecule has 0 fully saturated rings. The number of unbranched alkanes of at least 4 members (excludes halogenated alkanes) is 1. The second-order valence-electron chi connectivity index (χ2n) is 14.9. The van der Waals surface area contributed by atoms with Gasteiger partial charge in [0.25, 0.3) is 5.97 Å². The van der Waals surface area contributed by atoms with Crippen LogP contribution in [0.1, 0.15) is 99.3 Å². The summed E-state index contributed by atoms with van der Waals surface area (Å²) in [5.41, 5.74) is 43.8. The number of carbonyl (C=O) groups excluding carboxylic acids is 5. The zero-order valence-corrected chi connectivity index (χ0v) is 38.8. The van der Waals surface area contributed by atoms with Gasteiger partial charge in [-0.1, -0.05) is 34.1 Å². The number of aliphatic carboxylic acids is 2. The van der Waals surface area contributed by atoms with Crippen molar-refractivity contribution in [2.45, 2.75) is 142 Å². The minimum absolute atomic E-state index is 0. The smallest absolute Gasteiger partial charge is 0.469 e. The number of guanidine groups is 3. The van der Waals surface area contributed by atoms with E-state index < -0.39 is 97.6 Å². The molecule has 8 atom stereocenters. The molecule has 30 heteroatoms. The molecular formula is C37H77N16O13P. The van der Waals surface area contributed by atoms with E-state index in [9.17, 15) is 48.2 Å². The van der Waals surface area contributed by atoms with Crippen LogP contribution in [0.15, 0.2) is 15.0 Å². The van der Waals surface area contributed by atoms with Crippen LogP contribution in [0.2, 0.25) is 0 Å². The van der Waals surface area contributed by atoms with Gasteiger partial charge < -0.3 is 92.5 Å². The number of rotatable bonds is 32. The van der Waals surface area contributed by atoms with Crippen LogP contribution in [0.3, 0.4) is 0 Å². The molecule has 0 aromatic rings. The summed E-state index contributed by atoms with van der Waals surface area (Å²) >= 11 is 0. The predicted molar refractivity (Wildman–Crippen MR) is 250 cm³/mol. The number of aliphatic imine (C=N–C) groups is 3. The highest BCUT2D eigenvalue weighted by molar-refractivity contribution is 7.46. The van der Waals surface area contributed by atoms with Crippen molar-refractivity contribution in [1.29, 1.82) is 0 Å². The fourth-order valence-corrected chi connectivity index (χ4v) is 6.19. The van der Waals surface area contributed by atoms with Crippen LogP contribution in [0.5, 0.6) is 0 Å². The number of amides is 5. The van der Waals surface area contributed by atoms with Crippen molar-refractivity contribution in [3.05, 3.63) is 0 Å². The quantitative estimate of drug-likeness (QED) is 0.0130. The molecule has 0 radical (unpaired) electrons. The van der Waals surface area contributed by atoms with Gasteiger partial charge in [-0.3, -0.25) is 48.3 Å². The third-order valence-corrected chi connectivity index (χ3v) is 9.78. The minimum Gasteiger partial charge on any atom is -0.481 e. The zero-order chi connectivity index (χ0) is 51.2. The Hall–Kier alpha value is -5.87. The Labute approximate surface area is 390 Å². The molecule has 388 valence electrons. The van der Waals surface area contributed by atoms with Crippen molar-refractivity contribution < 1.29 is 62.7 Å². The molecule has 0 aliphatic rings. The lowest BCUT2D eigenvalue weighted by atomic mass is 9.96. The first-order valence-electron chi connectivity index (χ1n) is 21.0. The fourth-order valence-electron chi connectivity index (χ4n) is 5.63. The molecule has 67 heavy (non-hydrogen) atoms. The molecule has 0 aromatic heterocycles. The summed E-state index contributed by atoms with van der Waals surface area (Å²) in [5, 5.41) is 29.5. The van der Waals surface area contributed by atoms with E-state index in [1.165, 1.54) is 0 Å². The molecule has 0 unspecified atom stereocenters. The summed E-state index contributed by atoms with van der Waals surface area (Å²) in [5.74, 6) is -8.22.